The molecule has 3 unspecified atom stereocenters. The number of aliphatic carboxylic acids is 1. The summed E-state index contributed by atoms with van der Waals surface area (Å²) in [6.07, 6.45) is 4.19. The largest absolute Gasteiger partial charge is 0.481 e. The van der Waals surface area contributed by atoms with Gasteiger partial charge in [0.1, 0.15) is 0 Å². The topological polar surface area (TPSA) is 127 Å². The van der Waals surface area contributed by atoms with E-state index in [1.54, 1.807) is 0 Å². The molecule has 3 aromatic rings. The average molecular weight is 673 g/mol. The molecule has 3 N–H and O–H groups in total. The van der Waals surface area contributed by atoms with Gasteiger partial charge in [-0.25, -0.2) is 0 Å². The van der Waals surface area contributed by atoms with Gasteiger partial charge in [-0.05, 0) is 40.7 Å². The van der Waals surface area contributed by atoms with E-state index in [-0.39, 0.29) is 31.1 Å². The lowest BCUT2D eigenvalue weighted by molar-refractivity contribution is -0.255. The molecule has 3 heterocycles. The Morgan fingerprint density at radius 1 is 0.837 bits per heavy atom. The third kappa shape index (κ3) is 9.54. The predicted octanol–water partition coefficient (Wildman–Crippen LogP) is 5.88. The number of carboxylic acids is 1. The van der Waals surface area contributed by atoms with Crippen molar-refractivity contribution in [1.29, 1.82) is 0 Å². The maximum Gasteiger partial charge on any atom is 0.303 e. The highest BCUT2D eigenvalue weighted by molar-refractivity contribution is 5.76. The summed E-state index contributed by atoms with van der Waals surface area (Å²) in [5.41, 5.74) is 5.95. The summed E-state index contributed by atoms with van der Waals surface area (Å²) in [6.45, 7) is 4.32. The van der Waals surface area contributed by atoms with E-state index < -0.39 is 18.0 Å². The summed E-state index contributed by atoms with van der Waals surface area (Å²) >= 11 is 0. The van der Waals surface area contributed by atoms with Crippen LogP contribution in [0, 0.1) is 0 Å². The Kier molecular flexibility index (Phi) is 12.1. The first-order chi connectivity index (χ1) is 23.9. The number of hydrogen-bond donors (Lipinski definition) is 3. The van der Waals surface area contributed by atoms with Crippen molar-refractivity contribution in [3.8, 4) is 11.1 Å². The Bertz CT molecular complexity index is 1510. The third-order valence-corrected chi connectivity index (χ3v) is 9.79. The molecular formula is C39H48N2O8. The molecule has 6 rings (SSSR count). The molecule has 3 saturated heterocycles. The van der Waals surface area contributed by atoms with Gasteiger partial charge in [-0.2, -0.15) is 0 Å². The molecule has 0 aromatic heterocycles. The highest BCUT2D eigenvalue weighted by atomic mass is 16.7. The fourth-order valence-electron chi connectivity index (χ4n) is 6.98. The Balaban J connectivity index is 1.10. The van der Waals surface area contributed by atoms with E-state index in [9.17, 15) is 14.7 Å². The van der Waals surface area contributed by atoms with Crippen LogP contribution in [0.3, 0.4) is 0 Å². The first kappa shape index (κ1) is 35.2. The van der Waals surface area contributed by atoms with Crippen molar-refractivity contribution in [2.24, 2.45) is 0 Å². The van der Waals surface area contributed by atoms with Crippen molar-refractivity contribution in [3.63, 3.8) is 0 Å². The summed E-state index contributed by atoms with van der Waals surface area (Å²) in [4.78, 5) is 25.6. The molecule has 0 aliphatic carbocycles. The average Bonchev–Trinajstić information content (AvgIpc) is 3.59. The molecule has 10 heteroatoms. The number of nitrogens with zero attached hydrogens (tertiary/aromatic N) is 1. The van der Waals surface area contributed by atoms with Gasteiger partial charge in [0.25, 0.3) is 0 Å². The standard InChI is InChI=1S/C39H48N2O8/c42-27-28-10-12-30(13-11-28)35-24-33(26-41-20-18-39(19-21-41)46-22-23-47-39)48-38(49-35)31-16-14-29(15-17-31)34-7-5-4-6-32(34)25-40-36(43)8-2-1-3-9-37(44)45/h4-7,10-17,33,35,38,42H,1-3,8-9,18-27H2,(H,40,43)(H,44,45). The number of aliphatic hydroxyl groups is 1. The highest BCUT2D eigenvalue weighted by Crippen LogP contribution is 2.39. The zero-order valence-corrected chi connectivity index (χ0v) is 28.1. The summed E-state index contributed by atoms with van der Waals surface area (Å²) in [6, 6.07) is 24.3. The van der Waals surface area contributed by atoms with Crippen molar-refractivity contribution in [2.45, 2.75) is 88.8 Å². The van der Waals surface area contributed by atoms with E-state index in [4.69, 9.17) is 24.1 Å². The van der Waals surface area contributed by atoms with Crippen LogP contribution in [0.4, 0.5) is 0 Å². The number of unbranched alkanes of at least 4 members (excludes halogenated alkanes) is 2. The Hall–Kier alpha value is -3.64. The summed E-state index contributed by atoms with van der Waals surface area (Å²) in [5.74, 6) is -1.25. The first-order valence-electron chi connectivity index (χ1n) is 17.6. The van der Waals surface area contributed by atoms with Gasteiger partial charge >= 0.3 is 5.97 Å². The van der Waals surface area contributed by atoms with Gasteiger partial charge < -0.3 is 39.4 Å². The van der Waals surface area contributed by atoms with E-state index in [1.165, 1.54) is 0 Å². The van der Waals surface area contributed by atoms with Crippen molar-refractivity contribution in [2.75, 3.05) is 32.8 Å². The number of rotatable bonds is 14. The van der Waals surface area contributed by atoms with Gasteiger partial charge in [0, 0.05) is 63.8 Å². The molecule has 3 aliphatic rings. The van der Waals surface area contributed by atoms with Crippen molar-refractivity contribution in [1.82, 2.24) is 10.2 Å². The number of piperidine rings is 1. The summed E-state index contributed by atoms with van der Waals surface area (Å²) in [5, 5.41) is 21.4. The molecule has 3 aliphatic heterocycles. The second-order valence-electron chi connectivity index (χ2n) is 13.3. The SMILES string of the molecule is O=C(O)CCCCCC(=O)NCc1ccccc1-c1ccc(C2OC(CN3CCC4(CC3)OCCO4)CC(c3ccc(CO)cc3)O2)cc1. The number of carboxylic acid groups (broad SMARTS) is 1. The molecule has 0 saturated carbocycles. The third-order valence-electron chi connectivity index (χ3n) is 9.79. The van der Waals surface area contributed by atoms with Crippen LogP contribution in [0.15, 0.2) is 72.8 Å². The first-order valence-corrected chi connectivity index (χ1v) is 17.6. The molecule has 1 spiro atoms. The zero-order chi connectivity index (χ0) is 34.1. The molecule has 262 valence electrons. The van der Waals surface area contributed by atoms with Crippen LogP contribution in [0.5, 0.6) is 0 Å². The van der Waals surface area contributed by atoms with Gasteiger partial charge in [-0.3, -0.25) is 9.59 Å². The lowest BCUT2D eigenvalue weighted by Crippen LogP contribution is -2.48. The van der Waals surface area contributed by atoms with Crippen LogP contribution in [0.2, 0.25) is 0 Å². The van der Waals surface area contributed by atoms with Crippen LogP contribution >= 0.6 is 0 Å². The molecule has 0 bridgehead atoms. The van der Waals surface area contributed by atoms with Crippen LogP contribution in [0.1, 0.15) is 86.0 Å². The molecule has 10 nitrogen and oxygen atoms in total. The van der Waals surface area contributed by atoms with Crippen molar-refractivity contribution >= 4 is 11.9 Å². The lowest BCUT2D eigenvalue weighted by atomic mass is 9.97. The monoisotopic (exact) mass is 672 g/mol. The van der Waals surface area contributed by atoms with Gasteiger partial charge in [-0.1, -0.05) is 79.2 Å². The van der Waals surface area contributed by atoms with Crippen LogP contribution in [0.25, 0.3) is 11.1 Å². The maximum atomic E-state index is 12.5. The number of carbonyl (C=O) groups is 2. The number of hydrogen-bond acceptors (Lipinski definition) is 8. The van der Waals surface area contributed by atoms with E-state index in [1.807, 2.05) is 42.5 Å². The Morgan fingerprint density at radius 2 is 1.53 bits per heavy atom. The number of benzene rings is 3. The predicted molar refractivity (Wildman–Crippen MR) is 183 cm³/mol. The van der Waals surface area contributed by atoms with Crippen molar-refractivity contribution < 1.29 is 38.7 Å². The van der Waals surface area contributed by atoms with Gasteiger partial charge in [-0.15, -0.1) is 0 Å². The van der Waals surface area contributed by atoms with Crippen LogP contribution in [-0.2, 0) is 41.7 Å². The van der Waals surface area contributed by atoms with Gasteiger partial charge in [0.05, 0.1) is 32.0 Å². The second kappa shape index (κ2) is 16.8. The molecule has 3 aromatic carbocycles. The normalized spacial score (nSPS) is 22.3. The quantitative estimate of drug-likeness (QED) is 0.180. The minimum atomic E-state index is -0.802. The number of likely N-dealkylation sites (tertiary alicyclic amines) is 1. The van der Waals surface area contributed by atoms with Crippen LogP contribution in [-0.4, -0.2) is 71.7 Å². The number of nitrogens with one attached hydrogen (secondary N) is 1. The second-order valence-corrected chi connectivity index (χ2v) is 13.3. The molecule has 3 fully saturated rings. The summed E-state index contributed by atoms with van der Waals surface area (Å²) in [7, 11) is 0. The van der Waals surface area contributed by atoms with E-state index in [2.05, 4.69) is 40.5 Å². The molecule has 0 radical (unpaired) electrons. The minimum absolute atomic E-state index is 0.00206. The van der Waals surface area contributed by atoms with Gasteiger partial charge in [0.15, 0.2) is 12.1 Å². The van der Waals surface area contributed by atoms with Gasteiger partial charge in [0.2, 0.25) is 5.91 Å². The number of aliphatic hydroxyl groups excluding tert-OH is 1. The molecule has 49 heavy (non-hydrogen) atoms. The smallest absolute Gasteiger partial charge is 0.303 e. The Morgan fingerprint density at radius 3 is 2.24 bits per heavy atom. The maximum absolute atomic E-state index is 12.5. The molecular weight excluding hydrogens is 624 g/mol. The number of carbonyl (C=O) groups excluding carboxylic acids is 1. The molecule has 1 amide bonds. The zero-order valence-electron chi connectivity index (χ0n) is 28.1. The fraction of sp³-hybridized carbons (Fsp3) is 0.487. The fourth-order valence-corrected chi connectivity index (χ4v) is 6.98. The number of ether oxygens (including phenoxy) is 4. The minimum Gasteiger partial charge on any atom is -0.481 e. The van der Waals surface area contributed by atoms with E-state index in [0.717, 1.165) is 78.7 Å². The van der Waals surface area contributed by atoms with Crippen molar-refractivity contribution in [3.05, 3.63) is 95.1 Å². The summed E-state index contributed by atoms with van der Waals surface area (Å²) < 4.78 is 25.1. The van der Waals surface area contributed by atoms with E-state index >= 15 is 0 Å². The number of amides is 1. The van der Waals surface area contributed by atoms with Crippen LogP contribution < -0.4 is 5.32 Å². The lowest BCUT2D eigenvalue weighted by Gasteiger charge is -2.41. The molecule has 3 atom stereocenters. The van der Waals surface area contributed by atoms with E-state index in [0.29, 0.717) is 39.0 Å². The highest BCUT2D eigenvalue weighted by Gasteiger charge is 2.41. The Labute approximate surface area is 288 Å².